The Hall–Kier alpha value is -1.81. The van der Waals surface area contributed by atoms with Gasteiger partial charge in [-0.25, -0.2) is 0 Å². The quantitative estimate of drug-likeness (QED) is 0.904. The van der Waals surface area contributed by atoms with Crippen LogP contribution in [0.3, 0.4) is 0 Å². The number of quaternary nitrogens is 1. The molecule has 1 saturated heterocycles. The van der Waals surface area contributed by atoms with Crippen LogP contribution in [-0.2, 0) is 6.54 Å². The molecule has 2 heterocycles. The minimum atomic E-state index is 0.206. The highest BCUT2D eigenvalue weighted by Gasteiger charge is 2.26. The van der Waals surface area contributed by atoms with Crippen molar-refractivity contribution in [3.8, 4) is 0 Å². The molecule has 0 radical (unpaired) electrons. The molecule has 1 fully saturated rings. The second-order valence-electron chi connectivity index (χ2n) is 7.37. The van der Waals surface area contributed by atoms with Crippen molar-refractivity contribution in [2.75, 3.05) is 25.5 Å². The second-order valence-corrected chi connectivity index (χ2v) is 7.37. The maximum atomic E-state index is 13.1. The first-order valence-corrected chi connectivity index (χ1v) is 9.18. The van der Waals surface area contributed by atoms with Gasteiger partial charge in [-0.15, -0.1) is 0 Å². The molecule has 1 unspecified atom stereocenters. The van der Waals surface area contributed by atoms with Crippen LogP contribution in [0.2, 0.25) is 0 Å². The Labute approximate surface area is 144 Å². The molecule has 0 saturated carbocycles. The van der Waals surface area contributed by atoms with Crippen molar-refractivity contribution in [2.24, 2.45) is 0 Å². The van der Waals surface area contributed by atoms with E-state index in [0.717, 1.165) is 34.4 Å². The fourth-order valence-corrected chi connectivity index (χ4v) is 4.03. The summed E-state index contributed by atoms with van der Waals surface area (Å²) in [4.78, 5) is 20.2. The number of H-pyrrole nitrogens is 1. The number of hydrogen-bond donors (Lipinski definition) is 2. The molecule has 2 N–H and O–H groups in total. The number of nitrogens with zero attached hydrogens (tertiary/aromatic N) is 1. The number of aryl methyl sites for hydroxylation is 1. The van der Waals surface area contributed by atoms with Gasteiger partial charge in [0.25, 0.3) is 0 Å². The van der Waals surface area contributed by atoms with Crippen LogP contribution in [0.5, 0.6) is 0 Å². The van der Waals surface area contributed by atoms with E-state index >= 15 is 0 Å². The van der Waals surface area contributed by atoms with Crippen LogP contribution in [0.15, 0.2) is 23.0 Å². The van der Waals surface area contributed by atoms with Gasteiger partial charge in [-0.1, -0.05) is 6.92 Å². The zero-order chi connectivity index (χ0) is 17.3. The van der Waals surface area contributed by atoms with E-state index in [-0.39, 0.29) is 5.43 Å². The fourth-order valence-electron chi connectivity index (χ4n) is 4.03. The van der Waals surface area contributed by atoms with E-state index in [4.69, 9.17) is 0 Å². The van der Waals surface area contributed by atoms with Crippen molar-refractivity contribution < 1.29 is 4.90 Å². The van der Waals surface area contributed by atoms with E-state index in [9.17, 15) is 4.79 Å². The Kier molecular flexibility index (Phi) is 4.95. The molecular formula is C20H30N3O+. The summed E-state index contributed by atoms with van der Waals surface area (Å²) in [5.74, 6) is 0. The molecule has 0 bridgehead atoms. The minimum absolute atomic E-state index is 0.206. The van der Waals surface area contributed by atoms with Gasteiger partial charge in [0, 0.05) is 36.4 Å². The Bertz CT molecular complexity index is 778. The molecule has 3 rings (SSSR count). The molecule has 130 valence electrons. The lowest BCUT2D eigenvalue weighted by Crippen LogP contribution is -3.15. The van der Waals surface area contributed by atoms with E-state index in [1.165, 1.54) is 32.2 Å². The number of piperidine rings is 1. The van der Waals surface area contributed by atoms with Gasteiger partial charge in [-0.05, 0) is 50.8 Å². The first-order chi connectivity index (χ1) is 11.5. The lowest BCUT2D eigenvalue weighted by Gasteiger charge is -2.32. The fraction of sp³-hybridized carbons (Fsp3) is 0.550. The monoisotopic (exact) mass is 328 g/mol. The van der Waals surface area contributed by atoms with Crippen LogP contribution in [0.1, 0.15) is 43.9 Å². The number of aromatic nitrogens is 1. The number of hydrogen-bond acceptors (Lipinski definition) is 2. The average Bonchev–Trinajstić information content (AvgIpc) is 2.58. The number of aromatic amines is 1. The normalized spacial score (nSPS) is 21.2. The molecule has 0 aliphatic carbocycles. The number of anilines is 1. The minimum Gasteiger partial charge on any atom is -0.378 e. The summed E-state index contributed by atoms with van der Waals surface area (Å²) >= 11 is 0. The van der Waals surface area contributed by atoms with Crippen molar-refractivity contribution in [2.45, 2.75) is 52.1 Å². The molecule has 0 spiro atoms. The molecule has 2 aromatic rings. The topological polar surface area (TPSA) is 40.5 Å². The Morgan fingerprint density at radius 3 is 2.79 bits per heavy atom. The maximum Gasteiger partial charge on any atom is 0.198 e. The van der Waals surface area contributed by atoms with Gasteiger partial charge >= 0.3 is 0 Å². The van der Waals surface area contributed by atoms with Gasteiger partial charge < -0.3 is 14.8 Å². The Balaban J connectivity index is 2.02. The summed E-state index contributed by atoms with van der Waals surface area (Å²) < 4.78 is 0. The number of nitrogens with one attached hydrogen (secondary N) is 2. The highest BCUT2D eigenvalue weighted by Crippen LogP contribution is 2.18. The third kappa shape index (κ3) is 3.20. The van der Waals surface area contributed by atoms with Crippen LogP contribution < -0.4 is 15.2 Å². The Morgan fingerprint density at radius 2 is 2.08 bits per heavy atom. The maximum absolute atomic E-state index is 13.1. The van der Waals surface area contributed by atoms with E-state index < -0.39 is 0 Å². The van der Waals surface area contributed by atoms with Gasteiger partial charge in [-0.3, -0.25) is 4.79 Å². The SMILES string of the molecule is CC[C@@H]1CCCC[NH+]1Cc1c(C)[nH]c2ccc(N(C)C)cc2c1=O. The Morgan fingerprint density at radius 1 is 1.29 bits per heavy atom. The third-order valence-electron chi connectivity index (χ3n) is 5.59. The van der Waals surface area contributed by atoms with Gasteiger partial charge in [0.1, 0.15) is 6.54 Å². The molecule has 1 aliphatic rings. The van der Waals surface area contributed by atoms with Crippen LogP contribution >= 0.6 is 0 Å². The van der Waals surface area contributed by atoms with Crippen molar-refractivity contribution in [1.82, 2.24) is 4.98 Å². The molecule has 4 heteroatoms. The first kappa shape index (κ1) is 17.0. The van der Waals surface area contributed by atoms with E-state index in [0.29, 0.717) is 6.04 Å². The molecular weight excluding hydrogens is 298 g/mol. The zero-order valence-corrected chi connectivity index (χ0v) is 15.4. The molecule has 1 aromatic carbocycles. The van der Waals surface area contributed by atoms with Crippen molar-refractivity contribution in [1.29, 1.82) is 0 Å². The predicted octanol–water partition coefficient (Wildman–Crippen LogP) is 2.25. The highest BCUT2D eigenvalue weighted by atomic mass is 16.1. The summed E-state index contributed by atoms with van der Waals surface area (Å²) in [5, 5.41) is 0.811. The van der Waals surface area contributed by atoms with Crippen molar-refractivity contribution in [3.63, 3.8) is 0 Å². The summed E-state index contributed by atoms with van der Waals surface area (Å²) in [6.45, 7) is 6.35. The van der Waals surface area contributed by atoms with Gasteiger partial charge in [0.15, 0.2) is 5.43 Å². The van der Waals surface area contributed by atoms with Crippen molar-refractivity contribution in [3.05, 3.63) is 39.7 Å². The molecule has 1 aliphatic heterocycles. The smallest absolute Gasteiger partial charge is 0.198 e. The third-order valence-corrected chi connectivity index (χ3v) is 5.59. The molecule has 4 nitrogen and oxygen atoms in total. The summed E-state index contributed by atoms with van der Waals surface area (Å²) in [6, 6.07) is 6.78. The van der Waals surface area contributed by atoms with Crippen LogP contribution in [-0.4, -0.2) is 31.7 Å². The molecule has 2 atom stereocenters. The number of fused-ring (bicyclic) bond motifs is 1. The lowest BCUT2D eigenvalue weighted by atomic mass is 9.98. The number of pyridine rings is 1. The standard InChI is InChI=1S/C20H29N3O/c1-5-15-8-6-7-11-23(15)13-18-14(2)21-19-10-9-16(22(3)4)12-17(19)20(18)24/h9-10,12,15H,5-8,11,13H2,1-4H3,(H,21,24)/p+1/t15-/m1/s1. The molecule has 1 aromatic heterocycles. The van der Waals surface area contributed by atoms with Crippen LogP contribution in [0.4, 0.5) is 5.69 Å². The molecule has 24 heavy (non-hydrogen) atoms. The predicted molar refractivity (Wildman–Crippen MR) is 101 cm³/mol. The summed E-state index contributed by atoms with van der Waals surface area (Å²) in [6.07, 6.45) is 5.11. The van der Waals surface area contributed by atoms with Crippen molar-refractivity contribution >= 4 is 16.6 Å². The van der Waals surface area contributed by atoms with E-state index in [1.807, 2.05) is 38.1 Å². The largest absolute Gasteiger partial charge is 0.378 e. The van der Waals surface area contributed by atoms with Gasteiger partial charge in [-0.2, -0.15) is 0 Å². The van der Waals surface area contributed by atoms with E-state index in [1.54, 1.807) is 4.90 Å². The summed E-state index contributed by atoms with van der Waals surface area (Å²) in [5.41, 5.74) is 4.21. The second kappa shape index (κ2) is 6.98. The molecule has 0 amide bonds. The van der Waals surface area contributed by atoms with Gasteiger partial charge in [0.05, 0.1) is 18.2 Å². The van der Waals surface area contributed by atoms with Crippen LogP contribution in [0, 0.1) is 6.92 Å². The lowest BCUT2D eigenvalue weighted by molar-refractivity contribution is -0.944. The van der Waals surface area contributed by atoms with Crippen LogP contribution in [0.25, 0.3) is 10.9 Å². The van der Waals surface area contributed by atoms with E-state index in [2.05, 4.69) is 18.0 Å². The highest BCUT2D eigenvalue weighted by molar-refractivity contribution is 5.83. The summed E-state index contributed by atoms with van der Waals surface area (Å²) in [7, 11) is 4.02. The average molecular weight is 328 g/mol. The number of benzene rings is 1. The number of rotatable bonds is 4. The number of likely N-dealkylation sites (tertiary alicyclic amines) is 1. The van der Waals surface area contributed by atoms with Gasteiger partial charge in [0.2, 0.25) is 0 Å². The zero-order valence-electron chi connectivity index (χ0n) is 15.4. The first-order valence-electron chi connectivity index (χ1n) is 9.18.